The number of para-hydroxylation sites is 1. The predicted octanol–water partition coefficient (Wildman–Crippen LogP) is 1.18. The molecular weight excluding hydrogens is 294 g/mol. The Labute approximate surface area is 128 Å². The number of phenolic OH excluding ortho intramolecular Hbond substituents is 1. The van der Waals surface area contributed by atoms with Gasteiger partial charge in [-0.15, -0.1) is 0 Å². The number of thiol groups is 1. The SMILES string of the molecule is CC(=O)CC(CS)C(=O)OC(=O)c1ccccc1O.CN. The highest BCUT2D eigenvalue weighted by Crippen LogP contribution is 2.18. The van der Waals surface area contributed by atoms with E-state index in [4.69, 9.17) is 0 Å². The third kappa shape index (κ3) is 6.42. The first-order chi connectivity index (χ1) is 9.95. The molecule has 0 heterocycles. The van der Waals surface area contributed by atoms with E-state index >= 15 is 0 Å². The molecule has 6 nitrogen and oxygen atoms in total. The smallest absolute Gasteiger partial charge is 0.349 e. The second kappa shape index (κ2) is 9.95. The number of nitrogens with two attached hydrogens (primary N) is 1. The summed E-state index contributed by atoms with van der Waals surface area (Å²) in [5.41, 5.74) is 4.40. The monoisotopic (exact) mass is 313 g/mol. The van der Waals surface area contributed by atoms with Crippen LogP contribution in [0, 0.1) is 5.92 Å². The summed E-state index contributed by atoms with van der Waals surface area (Å²) in [6, 6.07) is 5.73. The number of carbonyl (C=O) groups excluding carboxylic acids is 3. The van der Waals surface area contributed by atoms with Crippen molar-refractivity contribution in [1.82, 2.24) is 0 Å². The summed E-state index contributed by atoms with van der Waals surface area (Å²) in [5.74, 6) is -2.89. The Bertz CT molecular complexity index is 504. The minimum atomic E-state index is -0.946. The molecule has 0 aromatic heterocycles. The van der Waals surface area contributed by atoms with Gasteiger partial charge in [0, 0.05) is 12.2 Å². The standard InChI is InChI=1S/C13H14O5S.CH5N/c1-8(14)6-9(7-19)12(16)18-13(17)10-4-2-3-5-11(10)15;1-2/h2-5,9,15,19H,6-7H2,1H3;2H2,1H3. The number of ketones is 1. The number of ether oxygens (including phenoxy) is 1. The van der Waals surface area contributed by atoms with Crippen LogP contribution in [0.5, 0.6) is 5.75 Å². The highest BCUT2D eigenvalue weighted by atomic mass is 32.1. The first kappa shape index (κ1) is 19.1. The zero-order valence-corrected chi connectivity index (χ0v) is 12.8. The summed E-state index contributed by atoms with van der Waals surface area (Å²) in [6.07, 6.45) is -0.0314. The van der Waals surface area contributed by atoms with E-state index in [9.17, 15) is 19.5 Å². The lowest BCUT2D eigenvalue weighted by Gasteiger charge is -2.11. The van der Waals surface area contributed by atoms with Crippen LogP contribution in [0.15, 0.2) is 24.3 Å². The Kier molecular flexibility index (Phi) is 9.07. The van der Waals surface area contributed by atoms with Crippen molar-refractivity contribution in [3.63, 3.8) is 0 Å². The van der Waals surface area contributed by atoms with Crippen molar-refractivity contribution in [3.05, 3.63) is 29.8 Å². The predicted molar refractivity (Wildman–Crippen MR) is 81.3 cm³/mol. The van der Waals surface area contributed by atoms with Gasteiger partial charge in [-0.2, -0.15) is 12.6 Å². The molecule has 0 aliphatic rings. The summed E-state index contributed by atoms with van der Waals surface area (Å²) >= 11 is 3.95. The van der Waals surface area contributed by atoms with Crippen LogP contribution in [-0.2, 0) is 14.3 Å². The summed E-state index contributed by atoms with van der Waals surface area (Å²) in [5, 5.41) is 9.45. The van der Waals surface area contributed by atoms with Crippen LogP contribution in [0.4, 0.5) is 0 Å². The van der Waals surface area contributed by atoms with Gasteiger partial charge in [0.05, 0.1) is 5.92 Å². The minimum absolute atomic E-state index is 0.0314. The fourth-order valence-corrected chi connectivity index (χ4v) is 1.72. The van der Waals surface area contributed by atoms with Crippen LogP contribution in [0.3, 0.4) is 0 Å². The maximum Gasteiger partial charge on any atom is 0.349 e. The summed E-state index contributed by atoms with van der Waals surface area (Å²) < 4.78 is 4.63. The summed E-state index contributed by atoms with van der Waals surface area (Å²) in [4.78, 5) is 34.3. The van der Waals surface area contributed by atoms with Gasteiger partial charge in [0.25, 0.3) is 0 Å². The van der Waals surface area contributed by atoms with Crippen LogP contribution in [0.2, 0.25) is 0 Å². The van der Waals surface area contributed by atoms with Crippen molar-refractivity contribution in [1.29, 1.82) is 0 Å². The minimum Gasteiger partial charge on any atom is -0.507 e. The van der Waals surface area contributed by atoms with Crippen molar-refractivity contribution < 1.29 is 24.2 Å². The number of aromatic hydroxyl groups is 1. The number of carbonyl (C=O) groups is 3. The quantitative estimate of drug-likeness (QED) is 0.428. The van der Waals surface area contributed by atoms with Crippen molar-refractivity contribution in [2.75, 3.05) is 12.8 Å². The molecule has 0 saturated heterocycles. The third-order valence-corrected chi connectivity index (χ3v) is 2.85. The molecule has 0 bridgehead atoms. The third-order valence-electron chi connectivity index (χ3n) is 2.40. The van der Waals surface area contributed by atoms with Gasteiger partial charge in [-0.3, -0.25) is 4.79 Å². The molecule has 0 saturated carbocycles. The Hall–Kier alpha value is -1.86. The number of phenols is 1. The molecule has 1 unspecified atom stereocenters. The number of Topliss-reactive ketones (excluding diaryl/α,β-unsaturated/α-hetero) is 1. The van der Waals surface area contributed by atoms with Crippen molar-refractivity contribution in [2.24, 2.45) is 11.7 Å². The summed E-state index contributed by atoms with van der Waals surface area (Å²) in [7, 11) is 1.50. The normalized spacial score (nSPS) is 10.9. The van der Waals surface area contributed by atoms with E-state index in [-0.39, 0.29) is 29.3 Å². The highest BCUT2D eigenvalue weighted by molar-refractivity contribution is 7.80. The van der Waals surface area contributed by atoms with Crippen LogP contribution in [0.25, 0.3) is 0 Å². The van der Waals surface area contributed by atoms with E-state index in [2.05, 4.69) is 23.1 Å². The number of benzene rings is 1. The van der Waals surface area contributed by atoms with E-state index in [1.165, 1.54) is 32.2 Å². The fraction of sp³-hybridized carbons (Fsp3) is 0.357. The van der Waals surface area contributed by atoms with Crippen LogP contribution in [0.1, 0.15) is 23.7 Å². The lowest BCUT2D eigenvalue weighted by atomic mass is 10.1. The summed E-state index contributed by atoms with van der Waals surface area (Å²) in [6.45, 7) is 1.34. The van der Waals surface area contributed by atoms with Gasteiger partial charge in [0.1, 0.15) is 17.1 Å². The van der Waals surface area contributed by atoms with Gasteiger partial charge in [0.15, 0.2) is 0 Å². The first-order valence-corrected chi connectivity index (χ1v) is 6.81. The van der Waals surface area contributed by atoms with Crippen LogP contribution in [-0.4, -0.2) is 35.6 Å². The van der Waals surface area contributed by atoms with Crippen molar-refractivity contribution in [3.8, 4) is 5.75 Å². The van der Waals surface area contributed by atoms with Gasteiger partial charge in [0.2, 0.25) is 0 Å². The van der Waals surface area contributed by atoms with E-state index in [0.29, 0.717) is 0 Å². The number of hydrogen-bond donors (Lipinski definition) is 3. The molecule has 21 heavy (non-hydrogen) atoms. The van der Waals surface area contributed by atoms with Gasteiger partial charge in [-0.1, -0.05) is 12.1 Å². The van der Waals surface area contributed by atoms with E-state index in [0.717, 1.165) is 0 Å². The molecule has 0 aliphatic heterocycles. The van der Waals surface area contributed by atoms with Crippen molar-refractivity contribution in [2.45, 2.75) is 13.3 Å². The van der Waals surface area contributed by atoms with Crippen LogP contribution < -0.4 is 5.73 Å². The Morgan fingerprint density at radius 3 is 2.33 bits per heavy atom. The van der Waals surface area contributed by atoms with Gasteiger partial charge < -0.3 is 20.4 Å². The van der Waals surface area contributed by atoms with Crippen LogP contribution >= 0.6 is 12.6 Å². The molecule has 0 aliphatic carbocycles. The average Bonchev–Trinajstić information content (AvgIpc) is 2.46. The molecule has 1 aromatic rings. The van der Waals surface area contributed by atoms with E-state index < -0.39 is 17.9 Å². The lowest BCUT2D eigenvalue weighted by molar-refractivity contribution is -0.143. The maximum absolute atomic E-state index is 11.7. The van der Waals surface area contributed by atoms with Gasteiger partial charge in [-0.25, -0.2) is 4.79 Å². The largest absolute Gasteiger partial charge is 0.507 e. The molecule has 116 valence electrons. The lowest BCUT2D eigenvalue weighted by Crippen LogP contribution is -2.24. The second-order valence-electron chi connectivity index (χ2n) is 4.01. The number of rotatable bonds is 5. The molecule has 7 heteroatoms. The zero-order valence-electron chi connectivity index (χ0n) is 11.9. The second-order valence-corrected chi connectivity index (χ2v) is 4.38. The van der Waals surface area contributed by atoms with E-state index in [1.807, 2.05) is 0 Å². The molecule has 1 atom stereocenters. The molecule has 3 N–H and O–H groups in total. The molecule has 1 aromatic carbocycles. The highest BCUT2D eigenvalue weighted by Gasteiger charge is 2.24. The number of esters is 2. The Morgan fingerprint density at radius 2 is 1.86 bits per heavy atom. The average molecular weight is 313 g/mol. The topological polar surface area (TPSA) is 107 Å². The van der Waals surface area contributed by atoms with Gasteiger partial charge in [-0.05, 0) is 26.1 Å². The molecule has 0 radical (unpaired) electrons. The number of hydrogen-bond acceptors (Lipinski definition) is 7. The molecular formula is C14H19NO5S. The van der Waals surface area contributed by atoms with Gasteiger partial charge >= 0.3 is 11.9 Å². The van der Waals surface area contributed by atoms with E-state index in [1.54, 1.807) is 6.07 Å². The first-order valence-electron chi connectivity index (χ1n) is 6.17. The van der Waals surface area contributed by atoms with Crippen molar-refractivity contribution >= 4 is 30.4 Å². The Balaban J connectivity index is 0.00000191. The molecule has 1 rings (SSSR count). The fourth-order valence-electron chi connectivity index (χ4n) is 1.45. The molecule has 0 amide bonds. The Morgan fingerprint density at radius 1 is 1.29 bits per heavy atom. The molecule has 0 fully saturated rings. The zero-order chi connectivity index (χ0) is 16.4. The maximum atomic E-state index is 11.7. The molecule has 0 spiro atoms.